The number of halogens is 1. The van der Waals surface area contributed by atoms with Crippen LogP contribution < -0.4 is 9.98 Å². The first-order chi connectivity index (χ1) is 15.3. The van der Waals surface area contributed by atoms with E-state index in [-0.39, 0.29) is 33.8 Å². The molecule has 2 aliphatic heterocycles. The zero-order valence-corrected chi connectivity index (χ0v) is 19.2. The van der Waals surface area contributed by atoms with E-state index < -0.39 is 35.7 Å². The van der Waals surface area contributed by atoms with E-state index in [1.54, 1.807) is 11.8 Å². The van der Waals surface area contributed by atoms with Crippen molar-refractivity contribution in [1.29, 1.82) is 0 Å². The molecule has 7 nitrogen and oxygen atoms in total. The molecule has 0 radical (unpaired) electrons. The zero-order chi connectivity index (χ0) is 22.5. The van der Waals surface area contributed by atoms with Crippen molar-refractivity contribution in [3.05, 3.63) is 49.4 Å². The second-order valence-corrected chi connectivity index (χ2v) is 11.7. The number of carbonyl (C=O) groups is 3. The fraction of sp³-hybridized carbons (Fsp3) is 0.455. The normalized spacial score (nSPS) is 35.6. The van der Waals surface area contributed by atoms with Gasteiger partial charge in [0.2, 0.25) is 11.8 Å². The number of likely N-dealkylation sites (tertiary alicyclic amines) is 1. The van der Waals surface area contributed by atoms with E-state index in [0.29, 0.717) is 5.02 Å². The number of hydrogen-bond donors (Lipinski definition) is 1. The van der Waals surface area contributed by atoms with Gasteiger partial charge >= 0.3 is 4.87 Å². The largest absolute Gasteiger partial charge is 0.548 e. The molecule has 1 N–H and O–H groups in total. The Hall–Kier alpha value is -2.10. The fourth-order valence-electron chi connectivity index (χ4n) is 6.57. The topological polar surface area (TPSA) is 110 Å². The molecule has 3 fully saturated rings. The summed E-state index contributed by atoms with van der Waals surface area (Å²) in [4.78, 5) is 54.8. The second-order valence-electron chi connectivity index (χ2n) is 9.05. The standard InChI is InChI=1S/C22H19ClN2O5S2/c1-7(21(28)29)25-19(26)14-10-6-11(15(14)20(25)27)16-13(10)12(8-2-4-9(23)5-3-8)17-18(31-16)24-22(30)32-17/h2-5,7,10-16H,6H2,1H3,(H,24,30)(H,28,29)/p-1/t7-,10-,11-,12-,13-,14+,15+,16-/m0/s1. The Labute approximate surface area is 196 Å². The highest BCUT2D eigenvalue weighted by Crippen LogP contribution is 2.68. The SMILES string of the molecule is C[C@@H](C(=O)[O-])N1C(=O)[C@@H]2[C@@H]3C[C@H]([C@H]2C1=O)[C@H]1[C@H](c2ccc(Cl)cc2)c2sc(=O)[nH]c2S[C@@H]31. The highest BCUT2D eigenvalue weighted by atomic mass is 35.5. The van der Waals surface area contributed by atoms with Gasteiger partial charge in [0, 0.05) is 21.1 Å². The van der Waals surface area contributed by atoms with Crippen molar-refractivity contribution < 1.29 is 19.5 Å². The summed E-state index contributed by atoms with van der Waals surface area (Å²) in [5, 5.41) is 13.0. The van der Waals surface area contributed by atoms with E-state index in [4.69, 9.17) is 11.6 Å². The number of carboxylic acid groups (broad SMARTS) is 1. The van der Waals surface area contributed by atoms with Crippen LogP contribution in [-0.2, 0) is 14.4 Å². The van der Waals surface area contributed by atoms with Gasteiger partial charge in [-0.05, 0) is 48.8 Å². The Balaban J connectivity index is 1.45. The molecule has 8 atom stereocenters. The first-order valence-electron chi connectivity index (χ1n) is 10.5. The third-order valence-corrected chi connectivity index (χ3v) is 10.6. The smallest absolute Gasteiger partial charge is 0.305 e. The summed E-state index contributed by atoms with van der Waals surface area (Å²) in [5.74, 6) is -3.32. The highest BCUT2D eigenvalue weighted by molar-refractivity contribution is 8.00. The summed E-state index contributed by atoms with van der Waals surface area (Å²) in [6.07, 6.45) is 0.756. The van der Waals surface area contributed by atoms with E-state index in [0.717, 1.165) is 26.8 Å². The minimum absolute atomic E-state index is 0.0400. The maximum Gasteiger partial charge on any atom is 0.305 e. The average molecular weight is 490 g/mol. The molecule has 32 heavy (non-hydrogen) atoms. The van der Waals surface area contributed by atoms with Crippen molar-refractivity contribution in [2.45, 2.75) is 35.6 Å². The lowest BCUT2D eigenvalue weighted by Gasteiger charge is -2.43. The van der Waals surface area contributed by atoms with Gasteiger partial charge in [0.25, 0.3) is 0 Å². The van der Waals surface area contributed by atoms with Crippen molar-refractivity contribution in [3.8, 4) is 0 Å². The second kappa shape index (κ2) is 6.95. The van der Waals surface area contributed by atoms with Crippen LogP contribution in [0.3, 0.4) is 0 Å². The van der Waals surface area contributed by atoms with Crippen LogP contribution in [0.15, 0.2) is 34.1 Å². The molecule has 2 amide bonds. The van der Waals surface area contributed by atoms with Crippen molar-refractivity contribution in [1.82, 2.24) is 9.88 Å². The third kappa shape index (κ3) is 2.61. The van der Waals surface area contributed by atoms with Crippen molar-refractivity contribution in [2.75, 3.05) is 0 Å². The van der Waals surface area contributed by atoms with Crippen LogP contribution >= 0.6 is 34.7 Å². The summed E-state index contributed by atoms with van der Waals surface area (Å²) in [5.41, 5.74) is 1.03. The minimum atomic E-state index is -1.43. The molecule has 2 aromatic rings. The number of thiazole rings is 1. The van der Waals surface area contributed by atoms with Crippen LogP contribution in [0.4, 0.5) is 0 Å². The van der Waals surface area contributed by atoms with Gasteiger partial charge in [-0.25, -0.2) is 0 Å². The predicted molar refractivity (Wildman–Crippen MR) is 116 cm³/mol. The number of nitrogens with zero attached hydrogens (tertiary/aromatic N) is 1. The Morgan fingerprint density at radius 3 is 2.47 bits per heavy atom. The number of carboxylic acids is 1. The predicted octanol–water partition coefficient (Wildman–Crippen LogP) is 1.70. The number of aromatic amines is 1. The highest BCUT2D eigenvalue weighted by Gasteiger charge is 2.69. The van der Waals surface area contributed by atoms with E-state index in [9.17, 15) is 24.3 Å². The molecule has 2 saturated carbocycles. The fourth-order valence-corrected chi connectivity index (χ4v) is 9.59. The zero-order valence-electron chi connectivity index (χ0n) is 16.8. The van der Waals surface area contributed by atoms with Gasteiger partial charge < -0.3 is 14.9 Å². The number of rotatable bonds is 3. The van der Waals surface area contributed by atoms with Gasteiger partial charge in [0.15, 0.2) is 0 Å². The lowest BCUT2D eigenvalue weighted by molar-refractivity contribution is -0.310. The monoisotopic (exact) mass is 489 g/mol. The van der Waals surface area contributed by atoms with Gasteiger partial charge in [0.05, 0.1) is 28.9 Å². The van der Waals surface area contributed by atoms with E-state index >= 15 is 0 Å². The van der Waals surface area contributed by atoms with Crippen molar-refractivity contribution in [3.63, 3.8) is 0 Å². The van der Waals surface area contributed by atoms with Crippen molar-refractivity contribution >= 4 is 52.5 Å². The molecule has 1 saturated heterocycles. The molecule has 2 bridgehead atoms. The molecular formula is C22H18ClN2O5S2-. The summed E-state index contributed by atoms with van der Waals surface area (Å²) < 4.78 is 0. The van der Waals surface area contributed by atoms with Crippen LogP contribution in [0.2, 0.25) is 5.02 Å². The van der Waals surface area contributed by atoms with Gasteiger partial charge in [-0.1, -0.05) is 35.1 Å². The van der Waals surface area contributed by atoms with Crippen LogP contribution in [0.1, 0.15) is 29.7 Å². The average Bonchev–Trinajstić information content (AvgIpc) is 3.47. The molecular weight excluding hydrogens is 472 g/mol. The van der Waals surface area contributed by atoms with E-state index in [2.05, 4.69) is 4.98 Å². The first-order valence-corrected chi connectivity index (χ1v) is 12.6. The number of imide groups is 1. The molecule has 3 heterocycles. The molecule has 166 valence electrons. The molecule has 6 rings (SSSR count). The molecule has 1 aromatic carbocycles. The third-order valence-electron chi connectivity index (χ3n) is 7.72. The molecule has 0 unspecified atom stereocenters. The lowest BCUT2D eigenvalue weighted by atomic mass is 9.68. The molecule has 4 aliphatic rings. The Morgan fingerprint density at radius 2 is 1.81 bits per heavy atom. The Morgan fingerprint density at radius 1 is 1.16 bits per heavy atom. The summed E-state index contributed by atoms with van der Waals surface area (Å²) in [7, 11) is 0. The first kappa shape index (κ1) is 20.5. The number of amides is 2. The number of nitrogens with one attached hydrogen (secondary N) is 1. The van der Waals surface area contributed by atoms with Crippen LogP contribution in [-0.4, -0.2) is 39.0 Å². The molecule has 10 heteroatoms. The van der Waals surface area contributed by atoms with Gasteiger partial charge in [-0.2, -0.15) is 0 Å². The minimum Gasteiger partial charge on any atom is -0.548 e. The maximum atomic E-state index is 13.3. The summed E-state index contributed by atoms with van der Waals surface area (Å²) >= 11 is 8.91. The van der Waals surface area contributed by atoms with Gasteiger partial charge in [-0.3, -0.25) is 19.3 Å². The summed E-state index contributed by atoms with van der Waals surface area (Å²) in [6.45, 7) is 1.33. The van der Waals surface area contributed by atoms with Crippen molar-refractivity contribution in [2.24, 2.45) is 29.6 Å². The Kier molecular flexibility index (Phi) is 4.45. The lowest BCUT2D eigenvalue weighted by Crippen LogP contribution is -2.49. The van der Waals surface area contributed by atoms with Crippen LogP contribution in [0.5, 0.6) is 0 Å². The summed E-state index contributed by atoms with van der Waals surface area (Å²) in [6, 6.07) is 6.30. The number of aromatic nitrogens is 1. The molecule has 0 spiro atoms. The molecule has 2 aliphatic carbocycles. The molecule has 1 aromatic heterocycles. The quantitative estimate of drug-likeness (QED) is 0.657. The number of aliphatic carboxylic acids is 1. The van der Waals surface area contributed by atoms with Crippen LogP contribution in [0.25, 0.3) is 0 Å². The number of hydrogen-bond acceptors (Lipinski definition) is 7. The maximum absolute atomic E-state index is 13.3. The van der Waals surface area contributed by atoms with Gasteiger partial charge in [0.1, 0.15) is 0 Å². The number of carbonyl (C=O) groups excluding carboxylic acids is 3. The van der Waals surface area contributed by atoms with E-state index in [1.807, 2.05) is 24.3 Å². The number of fused-ring (bicyclic) bond motifs is 9. The number of thioether (sulfide) groups is 1. The van der Waals surface area contributed by atoms with Gasteiger partial charge in [-0.15, -0.1) is 11.8 Å². The van der Waals surface area contributed by atoms with E-state index in [1.165, 1.54) is 18.3 Å². The Bertz CT molecular complexity index is 1220. The van der Waals surface area contributed by atoms with Crippen LogP contribution in [0, 0.1) is 29.6 Å². The number of H-pyrrole nitrogens is 1. The number of benzene rings is 1.